The first-order valence-corrected chi connectivity index (χ1v) is 6.97. The lowest BCUT2D eigenvalue weighted by atomic mass is 10.2. The molecule has 5 nitrogen and oxygen atoms in total. The molecule has 0 aliphatic heterocycles. The number of nitrogen functional groups attached to an aromatic ring is 1. The normalized spacial score (nSPS) is 10.6. The van der Waals surface area contributed by atoms with Crippen molar-refractivity contribution in [1.29, 1.82) is 0 Å². The fourth-order valence-corrected chi connectivity index (χ4v) is 2.37. The summed E-state index contributed by atoms with van der Waals surface area (Å²) in [4.78, 5) is 12.0. The third kappa shape index (κ3) is 2.96. The van der Waals surface area contributed by atoms with E-state index in [0.29, 0.717) is 32.1 Å². The zero-order valence-electron chi connectivity index (χ0n) is 11.0. The van der Waals surface area contributed by atoms with E-state index in [4.69, 9.17) is 22.1 Å². The Balaban J connectivity index is 2.15. The molecule has 7 heteroatoms. The quantitative estimate of drug-likeness (QED) is 0.676. The van der Waals surface area contributed by atoms with E-state index in [-0.39, 0.29) is 6.61 Å². The van der Waals surface area contributed by atoms with Gasteiger partial charge in [-0.3, -0.25) is 4.68 Å². The number of anilines is 1. The number of carbonyl (C=O) groups is 1. The highest BCUT2D eigenvalue weighted by molar-refractivity contribution is 9.10. The van der Waals surface area contributed by atoms with E-state index in [1.54, 1.807) is 36.9 Å². The van der Waals surface area contributed by atoms with E-state index < -0.39 is 5.97 Å². The molecule has 1 heterocycles. The third-order valence-corrected chi connectivity index (χ3v) is 4.00. The first-order valence-electron chi connectivity index (χ1n) is 5.80. The number of halogens is 2. The number of aromatic nitrogens is 2. The Morgan fingerprint density at radius 1 is 1.55 bits per heavy atom. The first kappa shape index (κ1) is 14.9. The second kappa shape index (κ2) is 5.85. The molecule has 2 aromatic rings. The highest BCUT2D eigenvalue weighted by Crippen LogP contribution is 2.23. The molecule has 0 bridgehead atoms. The molecule has 0 unspecified atom stereocenters. The van der Waals surface area contributed by atoms with Gasteiger partial charge in [-0.1, -0.05) is 11.6 Å². The fraction of sp³-hybridized carbons (Fsp3) is 0.231. The Morgan fingerprint density at radius 2 is 2.25 bits per heavy atom. The summed E-state index contributed by atoms with van der Waals surface area (Å²) in [5.41, 5.74) is 7.88. The van der Waals surface area contributed by atoms with E-state index in [2.05, 4.69) is 21.0 Å². The van der Waals surface area contributed by atoms with Crippen molar-refractivity contribution >= 4 is 39.2 Å². The van der Waals surface area contributed by atoms with E-state index >= 15 is 0 Å². The van der Waals surface area contributed by atoms with Crippen LogP contribution in [-0.4, -0.2) is 15.7 Å². The van der Waals surface area contributed by atoms with E-state index in [0.717, 1.165) is 0 Å². The van der Waals surface area contributed by atoms with Gasteiger partial charge in [0.2, 0.25) is 0 Å². The van der Waals surface area contributed by atoms with Crippen molar-refractivity contribution in [3.8, 4) is 0 Å². The van der Waals surface area contributed by atoms with Gasteiger partial charge in [-0.15, -0.1) is 0 Å². The number of rotatable bonds is 3. The molecule has 0 amide bonds. The van der Waals surface area contributed by atoms with Crippen LogP contribution in [0.15, 0.2) is 22.7 Å². The molecule has 0 aliphatic rings. The van der Waals surface area contributed by atoms with Crippen LogP contribution >= 0.6 is 27.5 Å². The maximum absolute atomic E-state index is 12.0. The number of aryl methyl sites for hydroxylation is 2. The van der Waals surface area contributed by atoms with Crippen molar-refractivity contribution in [1.82, 2.24) is 9.78 Å². The lowest BCUT2D eigenvalue weighted by molar-refractivity contribution is 0.0462. The Hall–Kier alpha value is -1.53. The van der Waals surface area contributed by atoms with E-state index in [1.165, 1.54) is 0 Å². The summed E-state index contributed by atoms with van der Waals surface area (Å²) in [6.45, 7) is 1.85. The van der Waals surface area contributed by atoms with Gasteiger partial charge in [0.15, 0.2) is 0 Å². The zero-order valence-corrected chi connectivity index (χ0v) is 13.3. The first-order chi connectivity index (χ1) is 9.40. The van der Waals surface area contributed by atoms with Gasteiger partial charge < -0.3 is 10.5 Å². The third-order valence-electron chi connectivity index (χ3n) is 2.81. The summed E-state index contributed by atoms with van der Waals surface area (Å²) < 4.78 is 7.48. The predicted octanol–water partition coefficient (Wildman–Crippen LogP) is 3.08. The maximum Gasteiger partial charge on any atom is 0.339 e. The molecule has 2 N–H and O–H groups in total. The van der Waals surface area contributed by atoms with Crippen LogP contribution in [0.4, 0.5) is 5.69 Å². The topological polar surface area (TPSA) is 70.1 Å². The summed E-state index contributed by atoms with van der Waals surface area (Å²) in [7, 11) is 1.75. The standard InChI is InChI=1S/C13H13BrClN3O2/c1-7-12(15)11(18(2)17-7)6-20-13(19)9-5-8(16)3-4-10(9)14/h3-5H,6,16H2,1-2H3. The van der Waals surface area contributed by atoms with Crippen molar-refractivity contribution < 1.29 is 9.53 Å². The van der Waals surface area contributed by atoms with Crippen molar-refractivity contribution in [3.63, 3.8) is 0 Å². The van der Waals surface area contributed by atoms with E-state index in [9.17, 15) is 4.79 Å². The highest BCUT2D eigenvalue weighted by Gasteiger charge is 2.16. The van der Waals surface area contributed by atoms with Gasteiger partial charge >= 0.3 is 5.97 Å². The predicted molar refractivity (Wildman–Crippen MR) is 80.6 cm³/mol. The Labute approximate surface area is 129 Å². The Morgan fingerprint density at radius 3 is 2.85 bits per heavy atom. The molecule has 0 saturated heterocycles. The van der Waals surface area contributed by atoms with Crippen LogP contribution in [0, 0.1) is 6.92 Å². The number of benzene rings is 1. The minimum atomic E-state index is -0.473. The summed E-state index contributed by atoms with van der Waals surface area (Å²) in [5, 5.41) is 4.66. The van der Waals surface area contributed by atoms with Gasteiger partial charge in [-0.05, 0) is 41.1 Å². The van der Waals surface area contributed by atoms with Gasteiger partial charge in [0, 0.05) is 17.2 Å². The number of nitrogens with zero attached hydrogens (tertiary/aromatic N) is 2. The van der Waals surface area contributed by atoms with Crippen LogP contribution in [0.2, 0.25) is 5.02 Å². The number of esters is 1. The highest BCUT2D eigenvalue weighted by atomic mass is 79.9. The van der Waals surface area contributed by atoms with Gasteiger partial charge in [0.1, 0.15) is 6.61 Å². The van der Waals surface area contributed by atoms with E-state index in [1.807, 2.05) is 0 Å². The monoisotopic (exact) mass is 357 g/mol. The average Bonchev–Trinajstić information content (AvgIpc) is 2.64. The minimum Gasteiger partial charge on any atom is -0.456 e. The number of hydrogen-bond acceptors (Lipinski definition) is 4. The molecule has 20 heavy (non-hydrogen) atoms. The number of ether oxygens (including phenoxy) is 1. The molecule has 0 atom stereocenters. The number of nitrogens with two attached hydrogens (primary N) is 1. The van der Waals surface area contributed by atoms with Gasteiger partial charge in [0.05, 0.1) is 22.0 Å². The summed E-state index contributed by atoms with van der Waals surface area (Å²) in [6.07, 6.45) is 0. The van der Waals surface area contributed by atoms with Crippen molar-refractivity contribution in [2.24, 2.45) is 7.05 Å². The molecular formula is C13H13BrClN3O2. The molecule has 0 spiro atoms. The van der Waals surface area contributed by atoms with Crippen molar-refractivity contribution in [3.05, 3.63) is 44.6 Å². The number of carbonyl (C=O) groups excluding carboxylic acids is 1. The summed E-state index contributed by atoms with van der Waals surface area (Å²) >= 11 is 9.39. The number of hydrogen-bond donors (Lipinski definition) is 1. The molecular weight excluding hydrogens is 346 g/mol. The molecule has 0 radical (unpaired) electrons. The molecule has 0 aliphatic carbocycles. The maximum atomic E-state index is 12.0. The SMILES string of the molecule is Cc1nn(C)c(COC(=O)c2cc(N)ccc2Br)c1Cl. The smallest absolute Gasteiger partial charge is 0.339 e. The zero-order chi connectivity index (χ0) is 14.9. The fourth-order valence-electron chi connectivity index (χ4n) is 1.75. The van der Waals surface area contributed by atoms with Crippen LogP contribution in [0.25, 0.3) is 0 Å². The van der Waals surface area contributed by atoms with Crippen molar-refractivity contribution in [2.45, 2.75) is 13.5 Å². The molecule has 0 saturated carbocycles. The van der Waals surface area contributed by atoms with Gasteiger partial charge in [-0.2, -0.15) is 5.10 Å². The summed E-state index contributed by atoms with van der Waals surface area (Å²) in [6, 6.07) is 4.96. The lowest BCUT2D eigenvalue weighted by Crippen LogP contribution is -2.09. The van der Waals surface area contributed by atoms with Crippen LogP contribution in [0.5, 0.6) is 0 Å². The Bertz CT molecular complexity index is 670. The molecule has 0 fully saturated rings. The summed E-state index contributed by atoms with van der Waals surface area (Å²) in [5.74, 6) is -0.473. The van der Waals surface area contributed by atoms with Gasteiger partial charge in [0.25, 0.3) is 0 Å². The van der Waals surface area contributed by atoms with Gasteiger partial charge in [-0.25, -0.2) is 4.79 Å². The van der Waals surface area contributed by atoms with Crippen LogP contribution < -0.4 is 5.73 Å². The second-order valence-electron chi connectivity index (χ2n) is 4.29. The minimum absolute atomic E-state index is 0.0518. The van der Waals surface area contributed by atoms with Crippen molar-refractivity contribution in [2.75, 3.05) is 5.73 Å². The largest absolute Gasteiger partial charge is 0.456 e. The lowest BCUT2D eigenvalue weighted by Gasteiger charge is -2.08. The molecule has 1 aromatic carbocycles. The molecule has 1 aromatic heterocycles. The molecule has 2 rings (SSSR count). The van der Waals surface area contributed by atoms with Crippen LogP contribution in [0.1, 0.15) is 21.7 Å². The Kier molecular flexibility index (Phi) is 4.35. The van der Waals surface area contributed by atoms with Crippen LogP contribution in [0.3, 0.4) is 0 Å². The average molecular weight is 359 g/mol. The molecule has 106 valence electrons. The second-order valence-corrected chi connectivity index (χ2v) is 5.52. The van der Waals surface area contributed by atoms with Crippen LogP contribution in [-0.2, 0) is 18.4 Å².